The van der Waals surface area contributed by atoms with Gasteiger partial charge in [-0.3, -0.25) is 9.59 Å². The highest BCUT2D eigenvalue weighted by atomic mass is 16.2. The number of anilines is 1. The van der Waals surface area contributed by atoms with Gasteiger partial charge in [0, 0.05) is 29.9 Å². The maximum Gasteiger partial charge on any atom is 0.251 e. The van der Waals surface area contributed by atoms with E-state index < -0.39 is 5.91 Å². The van der Waals surface area contributed by atoms with Crippen LogP contribution < -0.4 is 16.4 Å². The molecule has 0 unspecified atom stereocenters. The number of nitrogens with one attached hydrogen (secondary N) is 2. The van der Waals surface area contributed by atoms with Gasteiger partial charge in [-0.15, -0.1) is 0 Å². The molecule has 1 fully saturated rings. The molecule has 1 aliphatic rings. The van der Waals surface area contributed by atoms with E-state index in [2.05, 4.69) is 10.6 Å². The summed E-state index contributed by atoms with van der Waals surface area (Å²) in [5.41, 5.74) is 7.96. The van der Waals surface area contributed by atoms with E-state index >= 15 is 0 Å². The number of amides is 2. The summed E-state index contributed by atoms with van der Waals surface area (Å²) in [4.78, 5) is 22.9. The van der Waals surface area contributed by atoms with Gasteiger partial charge < -0.3 is 16.4 Å². The lowest BCUT2D eigenvalue weighted by Gasteiger charge is -2.21. The zero-order valence-electron chi connectivity index (χ0n) is 10.1. The third-order valence-electron chi connectivity index (χ3n) is 2.95. The van der Waals surface area contributed by atoms with Crippen molar-refractivity contribution in [3.05, 3.63) is 41.0 Å². The summed E-state index contributed by atoms with van der Waals surface area (Å²) < 4.78 is 0. The molecule has 0 spiro atoms. The lowest BCUT2D eigenvalue weighted by molar-refractivity contribution is -0.112. The summed E-state index contributed by atoms with van der Waals surface area (Å²) in [5.74, 6) is -0.655. The number of nitrogens with two attached hydrogens (primary N) is 1. The number of hydrogen-bond acceptors (Lipinski definition) is 3. The van der Waals surface area contributed by atoms with Crippen LogP contribution in [0, 0.1) is 0 Å². The molecule has 1 aromatic carbocycles. The first kappa shape index (κ1) is 12.3. The van der Waals surface area contributed by atoms with Crippen molar-refractivity contribution in [1.82, 2.24) is 5.32 Å². The molecule has 94 valence electrons. The summed E-state index contributed by atoms with van der Waals surface area (Å²) in [5, 5.41) is 5.84. The summed E-state index contributed by atoms with van der Waals surface area (Å²) in [7, 11) is 0. The van der Waals surface area contributed by atoms with Crippen molar-refractivity contribution in [3.8, 4) is 0 Å². The second-order valence-electron chi connectivity index (χ2n) is 4.23. The predicted molar refractivity (Wildman–Crippen MR) is 69.2 cm³/mol. The highest BCUT2D eigenvalue weighted by Crippen LogP contribution is 2.14. The molecule has 5 heteroatoms. The third-order valence-corrected chi connectivity index (χ3v) is 2.95. The van der Waals surface area contributed by atoms with Gasteiger partial charge in [-0.1, -0.05) is 6.07 Å². The van der Waals surface area contributed by atoms with Crippen LogP contribution in [0.15, 0.2) is 35.4 Å². The van der Waals surface area contributed by atoms with Gasteiger partial charge in [-0.25, -0.2) is 0 Å². The maximum atomic E-state index is 11.9. The summed E-state index contributed by atoms with van der Waals surface area (Å²) in [6.45, 7) is 3.32. The van der Waals surface area contributed by atoms with Gasteiger partial charge in [0.1, 0.15) is 0 Å². The zero-order chi connectivity index (χ0) is 13.1. The molecule has 0 atom stereocenters. The Labute approximate surface area is 105 Å². The molecule has 0 aliphatic carbocycles. The Morgan fingerprint density at radius 2 is 2.06 bits per heavy atom. The molecule has 5 nitrogen and oxygen atoms in total. The summed E-state index contributed by atoms with van der Waals surface area (Å²) in [6, 6.07) is 6.58. The molecular weight excluding hydrogens is 230 g/mol. The molecule has 0 bridgehead atoms. The highest BCUT2D eigenvalue weighted by molar-refractivity contribution is 6.04. The average Bonchev–Trinajstić information content (AvgIpc) is 2.26. The van der Waals surface area contributed by atoms with Gasteiger partial charge in [0.2, 0.25) is 5.91 Å². The third kappa shape index (κ3) is 2.57. The van der Waals surface area contributed by atoms with Crippen LogP contribution in [-0.2, 0) is 4.79 Å². The van der Waals surface area contributed by atoms with Crippen LogP contribution in [0.2, 0.25) is 0 Å². The number of carbonyl (C=O) groups is 2. The first-order valence-electron chi connectivity index (χ1n) is 5.68. The summed E-state index contributed by atoms with van der Waals surface area (Å²) in [6.07, 6.45) is 0. The van der Waals surface area contributed by atoms with Crippen molar-refractivity contribution >= 4 is 17.5 Å². The van der Waals surface area contributed by atoms with Gasteiger partial charge >= 0.3 is 0 Å². The van der Waals surface area contributed by atoms with Crippen LogP contribution in [0.25, 0.3) is 0 Å². The van der Waals surface area contributed by atoms with Crippen LogP contribution in [0.5, 0.6) is 0 Å². The van der Waals surface area contributed by atoms with E-state index in [9.17, 15) is 9.59 Å². The van der Waals surface area contributed by atoms with Crippen LogP contribution in [-0.4, -0.2) is 24.9 Å². The molecule has 0 aromatic heterocycles. The minimum absolute atomic E-state index is 0.145. The molecule has 2 rings (SSSR count). The summed E-state index contributed by atoms with van der Waals surface area (Å²) >= 11 is 0. The minimum atomic E-state index is -0.510. The number of benzene rings is 1. The number of primary amides is 1. The smallest absolute Gasteiger partial charge is 0.251 e. The lowest BCUT2D eigenvalue weighted by atomic mass is 10.0. The first-order valence-corrected chi connectivity index (χ1v) is 5.68. The van der Waals surface area contributed by atoms with Gasteiger partial charge in [0.25, 0.3) is 5.91 Å². The van der Waals surface area contributed by atoms with E-state index in [1.807, 2.05) is 0 Å². The SMILES string of the molecule is CC(C(=O)Nc1cccc(C(N)=O)c1)=C1CNC1. The van der Waals surface area contributed by atoms with E-state index in [-0.39, 0.29) is 5.91 Å². The second-order valence-corrected chi connectivity index (χ2v) is 4.23. The van der Waals surface area contributed by atoms with E-state index in [0.29, 0.717) is 11.3 Å². The van der Waals surface area contributed by atoms with Crippen molar-refractivity contribution in [2.75, 3.05) is 18.4 Å². The van der Waals surface area contributed by atoms with Crippen LogP contribution in [0.4, 0.5) is 5.69 Å². The lowest BCUT2D eigenvalue weighted by Crippen LogP contribution is -2.36. The van der Waals surface area contributed by atoms with E-state index in [4.69, 9.17) is 5.73 Å². The molecule has 1 saturated heterocycles. The van der Waals surface area contributed by atoms with Crippen LogP contribution in [0.1, 0.15) is 17.3 Å². The molecule has 18 heavy (non-hydrogen) atoms. The topological polar surface area (TPSA) is 84.2 Å². The predicted octanol–water partition coefficient (Wildman–Crippen LogP) is 0.644. The van der Waals surface area contributed by atoms with Crippen molar-refractivity contribution < 1.29 is 9.59 Å². The average molecular weight is 245 g/mol. The Hall–Kier alpha value is -2.14. The highest BCUT2D eigenvalue weighted by Gasteiger charge is 2.16. The fraction of sp³-hybridized carbons (Fsp3) is 0.231. The monoisotopic (exact) mass is 245 g/mol. The molecule has 2 amide bonds. The molecular formula is C13H15N3O2. The Balaban J connectivity index is 2.12. The molecule has 1 heterocycles. The second kappa shape index (κ2) is 5.01. The molecule has 1 aliphatic heterocycles. The van der Waals surface area contributed by atoms with E-state index in [1.165, 1.54) is 0 Å². The molecule has 1 aromatic rings. The van der Waals surface area contributed by atoms with Crippen molar-refractivity contribution in [2.24, 2.45) is 5.73 Å². The standard InChI is InChI=1S/C13H15N3O2/c1-8(10-6-15-7-10)13(18)16-11-4-2-3-9(5-11)12(14)17/h2-5,15H,6-7H2,1H3,(H2,14,17)(H,16,18). The minimum Gasteiger partial charge on any atom is -0.366 e. The van der Waals surface area contributed by atoms with Crippen molar-refractivity contribution in [2.45, 2.75) is 6.92 Å². The number of carbonyl (C=O) groups excluding carboxylic acids is 2. The normalized spacial score (nSPS) is 13.7. The first-order chi connectivity index (χ1) is 8.58. The molecule has 0 radical (unpaired) electrons. The van der Waals surface area contributed by atoms with Crippen molar-refractivity contribution in [1.29, 1.82) is 0 Å². The zero-order valence-corrected chi connectivity index (χ0v) is 10.1. The van der Waals surface area contributed by atoms with E-state index in [1.54, 1.807) is 31.2 Å². The fourth-order valence-electron chi connectivity index (χ4n) is 1.65. The van der Waals surface area contributed by atoms with Crippen LogP contribution in [0.3, 0.4) is 0 Å². The van der Waals surface area contributed by atoms with E-state index in [0.717, 1.165) is 24.2 Å². The Morgan fingerprint density at radius 1 is 1.33 bits per heavy atom. The van der Waals surface area contributed by atoms with Gasteiger partial charge in [-0.05, 0) is 30.7 Å². The maximum absolute atomic E-state index is 11.9. The Bertz CT molecular complexity index is 529. The Kier molecular flexibility index (Phi) is 3.43. The quantitative estimate of drug-likeness (QED) is 0.683. The van der Waals surface area contributed by atoms with Gasteiger partial charge in [0.15, 0.2) is 0 Å². The number of hydrogen-bond donors (Lipinski definition) is 3. The van der Waals surface area contributed by atoms with Gasteiger partial charge in [-0.2, -0.15) is 0 Å². The van der Waals surface area contributed by atoms with Gasteiger partial charge in [0.05, 0.1) is 0 Å². The fourth-order valence-corrected chi connectivity index (χ4v) is 1.65. The van der Waals surface area contributed by atoms with Crippen molar-refractivity contribution in [3.63, 3.8) is 0 Å². The molecule has 4 N–H and O–H groups in total. The Morgan fingerprint density at radius 3 is 2.61 bits per heavy atom. The van der Waals surface area contributed by atoms with Crippen LogP contribution >= 0.6 is 0 Å². The number of rotatable bonds is 3. The molecule has 0 saturated carbocycles. The largest absolute Gasteiger partial charge is 0.366 e.